The largest absolute Gasteiger partial charge is 0.369 e. The summed E-state index contributed by atoms with van der Waals surface area (Å²) in [7, 11) is 0. The molecule has 2 aromatic heterocycles. The number of allylic oxidation sites excluding steroid dienone is 1. The monoisotopic (exact) mass is 428 g/mol. The lowest BCUT2D eigenvalue weighted by atomic mass is 9.88. The van der Waals surface area contributed by atoms with Crippen LogP contribution in [0.4, 0.5) is 17.5 Å². The fourth-order valence-corrected chi connectivity index (χ4v) is 5.03. The van der Waals surface area contributed by atoms with Crippen LogP contribution in [-0.2, 0) is 4.79 Å². The number of nitrogens with one attached hydrogen (secondary N) is 3. The Morgan fingerprint density at radius 2 is 2.17 bits per heavy atom. The van der Waals surface area contributed by atoms with Crippen LogP contribution in [-0.4, -0.2) is 44.8 Å². The summed E-state index contributed by atoms with van der Waals surface area (Å²) in [4.78, 5) is 20.8. The van der Waals surface area contributed by atoms with E-state index in [1.165, 1.54) is 0 Å². The van der Waals surface area contributed by atoms with Gasteiger partial charge in [0.05, 0.1) is 30.0 Å². The molecule has 5 N–H and O–H groups in total. The average Bonchev–Trinajstić information content (AvgIpc) is 3.47. The Hall–Kier alpha value is -2.65. The van der Waals surface area contributed by atoms with Crippen LogP contribution in [0.2, 0.25) is 5.02 Å². The fraction of sp³-hybridized carbons (Fsp3) is 0.500. The molecule has 1 aliphatic heterocycles. The van der Waals surface area contributed by atoms with Crippen LogP contribution < -0.4 is 21.7 Å². The third kappa shape index (κ3) is 3.63. The van der Waals surface area contributed by atoms with Crippen molar-refractivity contribution in [2.75, 3.05) is 23.7 Å². The Morgan fingerprint density at radius 3 is 2.97 bits per heavy atom. The molecule has 2 aromatic rings. The molecule has 0 spiro atoms. The first-order chi connectivity index (χ1) is 14.6. The quantitative estimate of drug-likeness (QED) is 0.519. The molecule has 0 aromatic carbocycles. The first kappa shape index (κ1) is 19.3. The number of carbonyl (C=O) groups excluding carboxylic acids is 1. The lowest BCUT2D eigenvalue weighted by Gasteiger charge is -2.27. The minimum Gasteiger partial charge on any atom is -0.369 e. The number of piperidine rings is 1. The molecule has 5 rings (SSSR count). The van der Waals surface area contributed by atoms with Gasteiger partial charge >= 0.3 is 0 Å². The Balaban J connectivity index is 1.31. The number of fused-ring (bicyclic) bond motifs is 2. The average molecular weight is 429 g/mol. The van der Waals surface area contributed by atoms with Crippen molar-refractivity contribution in [2.24, 2.45) is 23.5 Å². The predicted molar refractivity (Wildman–Crippen MR) is 115 cm³/mol. The maximum absolute atomic E-state index is 12.0. The summed E-state index contributed by atoms with van der Waals surface area (Å²) in [5, 5.41) is 14.8. The van der Waals surface area contributed by atoms with Crippen molar-refractivity contribution in [2.45, 2.75) is 31.3 Å². The van der Waals surface area contributed by atoms with Gasteiger partial charge in [0.2, 0.25) is 11.9 Å². The topological polar surface area (TPSA) is 123 Å². The van der Waals surface area contributed by atoms with Crippen LogP contribution in [0.3, 0.4) is 0 Å². The van der Waals surface area contributed by atoms with Crippen molar-refractivity contribution in [3.05, 3.63) is 35.8 Å². The van der Waals surface area contributed by atoms with Crippen molar-refractivity contribution >= 4 is 35.0 Å². The van der Waals surface area contributed by atoms with Gasteiger partial charge in [0.25, 0.3) is 0 Å². The molecule has 3 aliphatic rings. The van der Waals surface area contributed by atoms with Gasteiger partial charge in [-0.15, -0.1) is 0 Å². The highest BCUT2D eigenvalue weighted by molar-refractivity contribution is 6.32. The molecule has 30 heavy (non-hydrogen) atoms. The number of nitrogens with zero attached hydrogens (tertiary/aromatic N) is 4. The molecule has 0 unspecified atom stereocenters. The Labute approximate surface area is 179 Å². The summed E-state index contributed by atoms with van der Waals surface area (Å²) in [5.74, 6) is 0.788. The molecule has 2 bridgehead atoms. The lowest BCUT2D eigenvalue weighted by molar-refractivity contribution is -0.122. The number of rotatable bonds is 6. The van der Waals surface area contributed by atoms with Crippen molar-refractivity contribution in [3.8, 4) is 0 Å². The second-order valence-electron chi connectivity index (χ2n) is 8.27. The molecule has 9 nitrogen and oxygen atoms in total. The van der Waals surface area contributed by atoms with Gasteiger partial charge in [-0.3, -0.25) is 9.48 Å². The van der Waals surface area contributed by atoms with Gasteiger partial charge in [0.1, 0.15) is 5.02 Å². The van der Waals surface area contributed by atoms with E-state index < -0.39 is 0 Å². The lowest BCUT2D eigenvalue weighted by Crippen LogP contribution is -2.41. The zero-order valence-electron chi connectivity index (χ0n) is 16.5. The van der Waals surface area contributed by atoms with E-state index in [4.69, 9.17) is 17.3 Å². The van der Waals surface area contributed by atoms with Crippen LogP contribution in [0.15, 0.2) is 30.7 Å². The SMILES string of the molecule is NC(=O)[C@@H]1[C@H](Nc2nc(Nc3cnn([C@H]4CCCNC4)c3)ncc2Cl)[C@H]2C=C[C@@H]1C2. The molecule has 1 amide bonds. The molecule has 1 saturated heterocycles. The van der Waals surface area contributed by atoms with E-state index in [0.717, 1.165) is 38.0 Å². The van der Waals surface area contributed by atoms with Gasteiger partial charge in [-0.25, -0.2) is 4.98 Å². The molecule has 1 saturated carbocycles. The second-order valence-corrected chi connectivity index (χ2v) is 8.68. The summed E-state index contributed by atoms with van der Waals surface area (Å²) in [6.07, 6.45) is 12.7. The third-order valence-corrected chi connectivity index (χ3v) is 6.61. The van der Waals surface area contributed by atoms with Gasteiger partial charge in [0.15, 0.2) is 5.82 Å². The van der Waals surface area contributed by atoms with Crippen LogP contribution in [0.25, 0.3) is 0 Å². The summed E-state index contributed by atoms with van der Waals surface area (Å²) in [6.45, 7) is 1.98. The number of hydrogen-bond acceptors (Lipinski definition) is 7. The van der Waals surface area contributed by atoms with E-state index in [0.29, 0.717) is 22.8 Å². The molecule has 10 heteroatoms. The van der Waals surface area contributed by atoms with E-state index >= 15 is 0 Å². The molecule has 2 aliphatic carbocycles. The first-order valence-corrected chi connectivity index (χ1v) is 10.7. The van der Waals surface area contributed by atoms with Crippen LogP contribution in [0.5, 0.6) is 0 Å². The highest BCUT2D eigenvalue weighted by Gasteiger charge is 2.47. The van der Waals surface area contributed by atoms with Crippen molar-refractivity contribution in [3.63, 3.8) is 0 Å². The van der Waals surface area contributed by atoms with E-state index in [-0.39, 0.29) is 29.7 Å². The van der Waals surface area contributed by atoms with Gasteiger partial charge in [-0.2, -0.15) is 10.1 Å². The molecular weight excluding hydrogens is 404 g/mol. The normalized spacial score (nSPS) is 29.8. The number of amides is 1. The highest BCUT2D eigenvalue weighted by Crippen LogP contribution is 2.45. The zero-order chi connectivity index (χ0) is 20.7. The summed E-state index contributed by atoms with van der Waals surface area (Å²) in [5.41, 5.74) is 6.47. The van der Waals surface area contributed by atoms with Crippen LogP contribution in [0.1, 0.15) is 25.3 Å². The van der Waals surface area contributed by atoms with Crippen molar-refractivity contribution < 1.29 is 4.79 Å². The maximum atomic E-state index is 12.0. The zero-order valence-corrected chi connectivity index (χ0v) is 17.2. The van der Waals surface area contributed by atoms with E-state index in [1.807, 2.05) is 10.9 Å². The predicted octanol–water partition coefficient (Wildman–Crippen LogP) is 2.08. The summed E-state index contributed by atoms with van der Waals surface area (Å²) < 4.78 is 1.97. The first-order valence-electron chi connectivity index (χ1n) is 10.4. The minimum absolute atomic E-state index is 0.112. The second kappa shape index (κ2) is 7.88. The molecule has 2 fully saturated rings. The van der Waals surface area contributed by atoms with Crippen molar-refractivity contribution in [1.82, 2.24) is 25.1 Å². The number of carbonyl (C=O) groups is 1. The van der Waals surface area contributed by atoms with Crippen molar-refractivity contribution in [1.29, 1.82) is 0 Å². The fourth-order valence-electron chi connectivity index (χ4n) is 4.88. The Bertz CT molecular complexity index is 969. The van der Waals surface area contributed by atoms with Gasteiger partial charge < -0.3 is 21.7 Å². The standard InChI is InChI=1S/C20H25ClN8O/c21-15-9-24-20(26-13-7-25-29(10-13)14-2-1-5-23-8-14)28-19(15)27-17-12-4-3-11(6-12)16(17)18(22)30/h3-4,7,9-12,14,16-17,23H,1-2,5-6,8H2,(H2,22,30)(H2,24,26,27,28)/t11-,12+,14+,16+,17-/m1/s1. The highest BCUT2D eigenvalue weighted by atomic mass is 35.5. The van der Waals surface area contributed by atoms with Gasteiger partial charge in [-0.05, 0) is 37.6 Å². The molecule has 5 atom stereocenters. The van der Waals surface area contributed by atoms with Crippen LogP contribution in [0, 0.1) is 17.8 Å². The smallest absolute Gasteiger partial charge is 0.229 e. The number of halogens is 1. The number of primary amides is 1. The Morgan fingerprint density at radius 1 is 1.30 bits per heavy atom. The molecule has 158 valence electrons. The number of nitrogens with two attached hydrogens (primary N) is 1. The number of hydrogen-bond donors (Lipinski definition) is 4. The van der Waals surface area contributed by atoms with E-state index in [1.54, 1.807) is 12.4 Å². The van der Waals surface area contributed by atoms with Gasteiger partial charge in [0, 0.05) is 18.8 Å². The number of aromatic nitrogens is 4. The Kier molecular flexibility index (Phi) is 5.08. The van der Waals surface area contributed by atoms with Gasteiger partial charge in [-0.1, -0.05) is 23.8 Å². The minimum atomic E-state index is -0.294. The third-order valence-electron chi connectivity index (χ3n) is 6.34. The molecule has 3 heterocycles. The number of anilines is 3. The van der Waals surface area contributed by atoms with E-state index in [2.05, 4.69) is 43.2 Å². The maximum Gasteiger partial charge on any atom is 0.229 e. The van der Waals surface area contributed by atoms with Crippen LogP contribution >= 0.6 is 11.6 Å². The summed E-state index contributed by atoms with van der Waals surface area (Å²) >= 11 is 6.34. The van der Waals surface area contributed by atoms with E-state index in [9.17, 15) is 4.79 Å². The summed E-state index contributed by atoms with van der Waals surface area (Å²) in [6, 6.07) is 0.244. The molecular formula is C20H25ClN8O. The molecule has 0 radical (unpaired) electrons.